The molecule has 21 heavy (non-hydrogen) atoms. The van der Waals surface area contributed by atoms with E-state index in [1.54, 1.807) is 0 Å². The van der Waals surface area contributed by atoms with Crippen LogP contribution in [0.4, 0.5) is 0 Å². The van der Waals surface area contributed by atoms with E-state index < -0.39 is 10.0 Å². The normalized spacial score (nSPS) is 23.3. The lowest BCUT2D eigenvalue weighted by atomic mass is 10.0. The molecule has 1 fully saturated rings. The minimum absolute atomic E-state index is 0.153. The van der Waals surface area contributed by atoms with Crippen LogP contribution in [-0.4, -0.2) is 59.0 Å². The van der Waals surface area contributed by atoms with Crippen molar-refractivity contribution in [3.05, 3.63) is 0 Å². The maximum absolute atomic E-state index is 10.9. The predicted molar refractivity (Wildman–Crippen MR) is 85.0 cm³/mol. The minimum atomic E-state index is -3.10. The zero-order chi connectivity index (χ0) is 15.8. The van der Waals surface area contributed by atoms with Crippen LogP contribution >= 0.6 is 0 Å². The molecule has 1 aliphatic heterocycles. The molecule has 1 heterocycles. The first-order valence-electron chi connectivity index (χ1n) is 7.45. The van der Waals surface area contributed by atoms with Crippen LogP contribution in [0.3, 0.4) is 0 Å². The lowest BCUT2D eigenvalue weighted by molar-refractivity contribution is 0.0283. The van der Waals surface area contributed by atoms with Gasteiger partial charge in [-0.2, -0.15) is 0 Å². The number of nitrogens with one attached hydrogen (secondary N) is 3. The number of ether oxygens (including phenoxy) is 1. The van der Waals surface area contributed by atoms with Crippen molar-refractivity contribution in [2.45, 2.75) is 38.7 Å². The Morgan fingerprint density at radius 2 is 2.10 bits per heavy atom. The number of sulfonamides is 1. The molecule has 0 radical (unpaired) electrons. The van der Waals surface area contributed by atoms with E-state index in [-0.39, 0.29) is 5.60 Å². The predicted octanol–water partition coefficient (Wildman–Crippen LogP) is 0.0499. The molecule has 0 saturated carbocycles. The summed E-state index contributed by atoms with van der Waals surface area (Å²) >= 11 is 0. The van der Waals surface area contributed by atoms with Gasteiger partial charge in [-0.25, -0.2) is 13.1 Å². The van der Waals surface area contributed by atoms with Crippen LogP contribution in [-0.2, 0) is 14.8 Å². The second-order valence-electron chi connectivity index (χ2n) is 5.54. The van der Waals surface area contributed by atoms with Gasteiger partial charge in [-0.1, -0.05) is 0 Å². The summed E-state index contributed by atoms with van der Waals surface area (Å²) in [6.45, 7) is 7.40. The van der Waals surface area contributed by atoms with E-state index in [2.05, 4.69) is 27.3 Å². The van der Waals surface area contributed by atoms with Crippen molar-refractivity contribution in [2.75, 3.05) is 39.0 Å². The maximum Gasteiger partial charge on any atom is 0.208 e. The summed E-state index contributed by atoms with van der Waals surface area (Å²) in [4.78, 5) is 4.54. The van der Waals surface area contributed by atoms with Crippen molar-refractivity contribution in [1.82, 2.24) is 15.4 Å². The first-order chi connectivity index (χ1) is 9.85. The number of nitrogens with zero attached hydrogens (tertiary/aromatic N) is 1. The fourth-order valence-electron chi connectivity index (χ4n) is 2.10. The number of hydrogen-bond donors (Lipinski definition) is 3. The lowest BCUT2D eigenvalue weighted by Crippen LogP contribution is -2.40. The molecular weight excluding hydrogens is 292 g/mol. The van der Waals surface area contributed by atoms with Gasteiger partial charge in [-0.15, -0.1) is 0 Å². The summed E-state index contributed by atoms with van der Waals surface area (Å²) < 4.78 is 30.0. The number of rotatable bonds is 8. The van der Waals surface area contributed by atoms with Crippen LogP contribution in [0, 0.1) is 0 Å². The van der Waals surface area contributed by atoms with Gasteiger partial charge in [-0.05, 0) is 33.1 Å². The molecular formula is C13H28N4O3S. The molecule has 0 aliphatic carbocycles. The van der Waals surface area contributed by atoms with Gasteiger partial charge < -0.3 is 15.4 Å². The second kappa shape index (κ2) is 8.55. The standard InChI is InChI=1S/C13H28N4O3S/c1-4-14-12(15-8-6-9-17-21(3,18)19)16-11-13(2)7-5-10-20-13/h17H,4-11H2,1-3H3,(H2,14,15,16). The molecule has 0 amide bonds. The third-order valence-electron chi connectivity index (χ3n) is 3.23. The molecule has 1 saturated heterocycles. The molecule has 1 aliphatic rings. The zero-order valence-electron chi connectivity index (χ0n) is 13.2. The van der Waals surface area contributed by atoms with Gasteiger partial charge in [0, 0.05) is 26.2 Å². The topological polar surface area (TPSA) is 91.8 Å². The van der Waals surface area contributed by atoms with E-state index >= 15 is 0 Å². The number of guanidine groups is 1. The molecule has 124 valence electrons. The Labute approximate surface area is 128 Å². The highest BCUT2D eigenvalue weighted by atomic mass is 32.2. The van der Waals surface area contributed by atoms with E-state index in [9.17, 15) is 8.42 Å². The fourth-order valence-corrected chi connectivity index (χ4v) is 2.62. The highest BCUT2D eigenvalue weighted by Crippen LogP contribution is 2.24. The van der Waals surface area contributed by atoms with E-state index in [1.807, 2.05) is 6.92 Å². The van der Waals surface area contributed by atoms with Gasteiger partial charge in [0.25, 0.3) is 0 Å². The number of aliphatic imine (C=N–C) groups is 1. The lowest BCUT2D eigenvalue weighted by Gasteiger charge is -2.21. The van der Waals surface area contributed by atoms with Crippen LogP contribution in [0.15, 0.2) is 4.99 Å². The maximum atomic E-state index is 10.9. The van der Waals surface area contributed by atoms with Crippen molar-refractivity contribution in [1.29, 1.82) is 0 Å². The Hall–Kier alpha value is -0.860. The quantitative estimate of drug-likeness (QED) is 0.334. The average molecular weight is 320 g/mol. The summed E-state index contributed by atoms with van der Waals surface area (Å²) in [5, 5.41) is 6.37. The summed E-state index contributed by atoms with van der Waals surface area (Å²) in [5.41, 5.74) is -0.153. The van der Waals surface area contributed by atoms with Gasteiger partial charge in [0.15, 0.2) is 5.96 Å². The summed E-state index contributed by atoms with van der Waals surface area (Å²) in [5.74, 6) is 0.744. The first-order valence-corrected chi connectivity index (χ1v) is 9.34. The molecule has 0 aromatic carbocycles. The monoisotopic (exact) mass is 320 g/mol. The van der Waals surface area contributed by atoms with Crippen molar-refractivity contribution in [3.8, 4) is 0 Å². The van der Waals surface area contributed by atoms with Crippen LogP contribution < -0.4 is 15.4 Å². The van der Waals surface area contributed by atoms with Crippen LogP contribution in [0.2, 0.25) is 0 Å². The highest BCUT2D eigenvalue weighted by molar-refractivity contribution is 7.88. The molecule has 0 bridgehead atoms. The first kappa shape index (κ1) is 18.2. The van der Waals surface area contributed by atoms with Gasteiger partial charge in [0.2, 0.25) is 10.0 Å². The molecule has 8 heteroatoms. The van der Waals surface area contributed by atoms with Crippen LogP contribution in [0.5, 0.6) is 0 Å². The third-order valence-corrected chi connectivity index (χ3v) is 3.96. The van der Waals surface area contributed by atoms with Crippen LogP contribution in [0.1, 0.15) is 33.1 Å². The Bertz CT molecular complexity index is 431. The Morgan fingerprint density at radius 3 is 2.67 bits per heavy atom. The molecule has 0 aromatic rings. The van der Waals surface area contributed by atoms with Crippen molar-refractivity contribution >= 4 is 16.0 Å². The summed E-state index contributed by atoms with van der Waals surface area (Å²) in [7, 11) is -3.10. The summed E-state index contributed by atoms with van der Waals surface area (Å²) in [6.07, 6.45) is 3.99. The molecule has 1 rings (SSSR count). The average Bonchev–Trinajstić information content (AvgIpc) is 2.81. The van der Waals surface area contributed by atoms with E-state index in [1.165, 1.54) is 0 Å². The van der Waals surface area contributed by atoms with E-state index in [4.69, 9.17) is 4.74 Å². The van der Waals surface area contributed by atoms with Crippen LogP contribution in [0.25, 0.3) is 0 Å². The Kier molecular flexibility index (Phi) is 7.41. The molecule has 0 spiro atoms. The molecule has 7 nitrogen and oxygen atoms in total. The Morgan fingerprint density at radius 1 is 1.33 bits per heavy atom. The SMILES string of the molecule is CCNC(=NCC1(C)CCCO1)NCCCNS(C)(=O)=O. The van der Waals surface area contributed by atoms with E-state index in [0.29, 0.717) is 26.1 Å². The third kappa shape index (κ3) is 8.23. The van der Waals surface area contributed by atoms with Crippen molar-refractivity contribution < 1.29 is 13.2 Å². The molecule has 1 atom stereocenters. The molecule has 1 unspecified atom stereocenters. The smallest absolute Gasteiger partial charge is 0.208 e. The number of hydrogen-bond acceptors (Lipinski definition) is 4. The largest absolute Gasteiger partial charge is 0.373 e. The minimum Gasteiger partial charge on any atom is -0.373 e. The highest BCUT2D eigenvalue weighted by Gasteiger charge is 2.29. The molecule has 3 N–H and O–H groups in total. The van der Waals surface area contributed by atoms with Crippen molar-refractivity contribution in [2.24, 2.45) is 4.99 Å². The Balaban J connectivity index is 2.32. The van der Waals surface area contributed by atoms with Gasteiger partial charge >= 0.3 is 0 Å². The van der Waals surface area contributed by atoms with Gasteiger partial charge in [0.05, 0.1) is 18.4 Å². The molecule has 0 aromatic heterocycles. The van der Waals surface area contributed by atoms with Crippen molar-refractivity contribution in [3.63, 3.8) is 0 Å². The zero-order valence-corrected chi connectivity index (χ0v) is 14.1. The second-order valence-corrected chi connectivity index (χ2v) is 7.38. The van der Waals surface area contributed by atoms with Gasteiger partial charge in [-0.3, -0.25) is 4.99 Å². The van der Waals surface area contributed by atoms with E-state index in [0.717, 1.165) is 38.2 Å². The summed E-state index contributed by atoms with van der Waals surface area (Å²) in [6, 6.07) is 0. The fraction of sp³-hybridized carbons (Fsp3) is 0.923. The van der Waals surface area contributed by atoms with Gasteiger partial charge in [0.1, 0.15) is 0 Å².